The Balaban J connectivity index is 1.77. The van der Waals surface area contributed by atoms with E-state index in [2.05, 4.69) is 22.9 Å². The molecule has 1 aliphatic rings. The number of hydrogen-bond donors (Lipinski definition) is 0. The van der Waals surface area contributed by atoms with Gasteiger partial charge in [-0.05, 0) is 52.6 Å². The fourth-order valence-electron chi connectivity index (χ4n) is 2.04. The molecule has 0 spiro atoms. The molecule has 2 aromatic heterocycles. The van der Waals surface area contributed by atoms with Gasteiger partial charge in [0, 0.05) is 15.5 Å². The summed E-state index contributed by atoms with van der Waals surface area (Å²) in [6.07, 6.45) is 2.18. The van der Waals surface area contributed by atoms with Gasteiger partial charge in [-0.2, -0.15) is 23.1 Å². The van der Waals surface area contributed by atoms with Gasteiger partial charge in [0.15, 0.2) is 0 Å². The molecular weight excluding hydrogens is 288 g/mol. The molecule has 3 rings (SSSR count). The second-order valence-corrected chi connectivity index (χ2v) is 7.78. The summed E-state index contributed by atoms with van der Waals surface area (Å²) in [7, 11) is 0. The van der Waals surface area contributed by atoms with Crippen molar-refractivity contribution in [2.75, 3.05) is 5.75 Å². The van der Waals surface area contributed by atoms with Crippen LogP contribution in [0, 0.1) is 0 Å². The van der Waals surface area contributed by atoms with Crippen molar-refractivity contribution in [3.05, 3.63) is 43.8 Å². The summed E-state index contributed by atoms with van der Waals surface area (Å²) >= 11 is 12.2. The van der Waals surface area contributed by atoms with Crippen LogP contribution in [0.1, 0.15) is 26.3 Å². The van der Waals surface area contributed by atoms with Crippen molar-refractivity contribution in [3.63, 3.8) is 0 Å². The quantitative estimate of drug-likeness (QED) is 0.709. The van der Waals surface area contributed by atoms with Gasteiger partial charge in [-0.1, -0.05) is 0 Å². The Morgan fingerprint density at radius 1 is 1.41 bits per heavy atom. The van der Waals surface area contributed by atoms with Gasteiger partial charge in [0.1, 0.15) is 0 Å². The molecule has 0 saturated heterocycles. The third kappa shape index (κ3) is 2.73. The topological polar surface area (TPSA) is 0 Å². The SMILES string of the molecule is ClC(Cc1ccsc1)c1cc2c(s1)CCSC2. The molecule has 0 aliphatic carbocycles. The van der Waals surface area contributed by atoms with Crippen LogP contribution in [-0.4, -0.2) is 5.75 Å². The van der Waals surface area contributed by atoms with E-state index in [0.717, 1.165) is 6.42 Å². The predicted octanol–water partition coefficient (Wildman–Crippen LogP) is 5.12. The first kappa shape index (κ1) is 12.1. The minimum atomic E-state index is 0.144. The summed E-state index contributed by atoms with van der Waals surface area (Å²) in [5.41, 5.74) is 2.88. The van der Waals surface area contributed by atoms with Crippen LogP contribution in [0.4, 0.5) is 0 Å². The molecule has 4 heteroatoms. The monoisotopic (exact) mass is 300 g/mol. The van der Waals surface area contributed by atoms with Crippen LogP contribution in [0.25, 0.3) is 0 Å². The van der Waals surface area contributed by atoms with Gasteiger partial charge in [0.2, 0.25) is 0 Å². The van der Waals surface area contributed by atoms with Gasteiger partial charge in [-0.15, -0.1) is 22.9 Å². The second-order valence-electron chi connectivity index (χ2n) is 4.20. The van der Waals surface area contributed by atoms with Gasteiger partial charge >= 0.3 is 0 Å². The Hall–Kier alpha value is 0.0400. The first-order valence-corrected chi connectivity index (χ1v) is 9.02. The number of fused-ring (bicyclic) bond motifs is 1. The number of aryl methyl sites for hydroxylation is 1. The summed E-state index contributed by atoms with van der Waals surface area (Å²) in [5.74, 6) is 2.44. The maximum absolute atomic E-state index is 6.53. The lowest BCUT2D eigenvalue weighted by Crippen LogP contribution is -1.96. The van der Waals surface area contributed by atoms with Crippen molar-refractivity contribution in [2.24, 2.45) is 0 Å². The summed E-state index contributed by atoms with van der Waals surface area (Å²) < 4.78 is 0. The summed E-state index contributed by atoms with van der Waals surface area (Å²) in [5, 5.41) is 4.46. The van der Waals surface area contributed by atoms with E-state index in [1.165, 1.54) is 33.9 Å². The van der Waals surface area contributed by atoms with Crippen molar-refractivity contribution in [3.8, 4) is 0 Å². The van der Waals surface area contributed by atoms with E-state index in [4.69, 9.17) is 11.6 Å². The zero-order valence-electron chi connectivity index (χ0n) is 9.32. The largest absolute Gasteiger partial charge is 0.157 e. The molecular formula is C13H13ClS3. The number of rotatable bonds is 3. The van der Waals surface area contributed by atoms with Crippen LogP contribution >= 0.6 is 46.0 Å². The fourth-order valence-corrected chi connectivity index (χ4v) is 5.45. The molecule has 0 radical (unpaired) electrons. The van der Waals surface area contributed by atoms with Crippen molar-refractivity contribution in [1.29, 1.82) is 0 Å². The first-order chi connectivity index (χ1) is 8.33. The molecule has 0 amide bonds. The number of alkyl halides is 1. The molecule has 0 nitrogen and oxygen atoms in total. The van der Waals surface area contributed by atoms with Crippen LogP contribution in [0.2, 0.25) is 0 Å². The normalized spacial score (nSPS) is 16.8. The third-order valence-corrected chi connectivity index (χ3v) is 6.56. The third-order valence-electron chi connectivity index (χ3n) is 2.95. The number of halogens is 1. The van der Waals surface area contributed by atoms with Gasteiger partial charge in [-0.3, -0.25) is 0 Å². The summed E-state index contributed by atoms with van der Waals surface area (Å²) in [6, 6.07) is 4.50. The lowest BCUT2D eigenvalue weighted by atomic mass is 10.1. The average Bonchev–Trinajstić information content (AvgIpc) is 2.96. The second kappa shape index (κ2) is 5.35. The molecule has 0 bridgehead atoms. The fraction of sp³-hybridized carbons (Fsp3) is 0.385. The molecule has 1 unspecified atom stereocenters. The van der Waals surface area contributed by atoms with Gasteiger partial charge < -0.3 is 0 Å². The van der Waals surface area contributed by atoms with E-state index in [1.807, 2.05) is 23.1 Å². The van der Waals surface area contributed by atoms with Crippen LogP contribution in [0.5, 0.6) is 0 Å². The summed E-state index contributed by atoms with van der Waals surface area (Å²) in [6.45, 7) is 0. The average molecular weight is 301 g/mol. The maximum Gasteiger partial charge on any atom is 0.0719 e. The zero-order chi connectivity index (χ0) is 11.7. The standard InChI is InChI=1S/C13H13ClS3/c14-11(5-9-1-3-15-7-9)13-6-10-8-16-4-2-12(10)17-13/h1,3,6-7,11H,2,4-5,8H2. The van der Waals surface area contributed by atoms with E-state index in [9.17, 15) is 0 Å². The smallest absolute Gasteiger partial charge is 0.0719 e. The van der Waals surface area contributed by atoms with Crippen molar-refractivity contribution in [1.82, 2.24) is 0 Å². The lowest BCUT2D eigenvalue weighted by Gasteiger charge is -2.08. The van der Waals surface area contributed by atoms with Crippen LogP contribution in [0.3, 0.4) is 0 Å². The van der Waals surface area contributed by atoms with E-state index in [1.54, 1.807) is 16.2 Å². The lowest BCUT2D eigenvalue weighted by molar-refractivity contribution is 0.944. The highest BCUT2D eigenvalue weighted by molar-refractivity contribution is 7.98. The zero-order valence-corrected chi connectivity index (χ0v) is 12.5. The van der Waals surface area contributed by atoms with Gasteiger partial charge in [-0.25, -0.2) is 0 Å². The van der Waals surface area contributed by atoms with Gasteiger partial charge in [0.25, 0.3) is 0 Å². The van der Waals surface area contributed by atoms with Crippen molar-refractivity contribution >= 4 is 46.0 Å². The van der Waals surface area contributed by atoms with Crippen molar-refractivity contribution in [2.45, 2.75) is 24.0 Å². The Morgan fingerprint density at radius 3 is 3.12 bits per heavy atom. The molecule has 0 saturated carbocycles. The number of hydrogen-bond acceptors (Lipinski definition) is 3. The van der Waals surface area contributed by atoms with Crippen molar-refractivity contribution < 1.29 is 0 Å². The Labute approximate surface area is 119 Å². The molecule has 0 aromatic carbocycles. The number of thiophene rings is 2. The molecule has 3 heterocycles. The number of thioether (sulfide) groups is 1. The van der Waals surface area contributed by atoms with Gasteiger partial charge in [0.05, 0.1) is 5.38 Å². The highest BCUT2D eigenvalue weighted by Gasteiger charge is 2.18. The molecule has 0 N–H and O–H groups in total. The van der Waals surface area contributed by atoms with Crippen LogP contribution in [-0.2, 0) is 18.6 Å². The Morgan fingerprint density at radius 2 is 2.35 bits per heavy atom. The molecule has 1 aliphatic heterocycles. The molecule has 0 fully saturated rings. The van der Waals surface area contributed by atoms with E-state index in [-0.39, 0.29) is 5.38 Å². The minimum Gasteiger partial charge on any atom is -0.157 e. The summed E-state index contributed by atoms with van der Waals surface area (Å²) in [4.78, 5) is 2.92. The molecule has 90 valence electrons. The predicted molar refractivity (Wildman–Crippen MR) is 80.8 cm³/mol. The molecule has 17 heavy (non-hydrogen) atoms. The molecule has 2 aromatic rings. The highest BCUT2D eigenvalue weighted by Crippen LogP contribution is 2.37. The minimum absolute atomic E-state index is 0.144. The Bertz CT molecular complexity index is 463. The Kier molecular flexibility index (Phi) is 3.81. The highest BCUT2D eigenvalue weighted by atomic mass is 35.5. The van der Waals surface area contributed by atoms with E-state index >= 15 is 0 Å². The van der Waals surface area contributed by atoms with E-state index < -0.39 is 0 Å². The first-order valence-electron chi connectivity index (χ1n) is 5.67. The van der Waals surface area contributed by atoms with E-state index in [0.29, 0.717) is 0 Å². The van der Waals surface area contributed by atoms with Crippen LogP contribution < -0.4 is 0 Å². The maximum atomic E-state index is 6.53. The van der Waals surface area contributed by atoms with Crippen LogP contribution in [0.15, 0.2) is 22.9 Å². The molecule has 1 atom stereocenters.